The monoisotopic (exact) mass is 267 g/mol. The van der Waals surface area contributed by atoms with Crippen LogP contribution in [0.3, 0.4) is 0 Å². The standard InChI is InChI=1S/C18H18N2/c1-18(2,3)17-19-15-12-8-7-11-14(15)16(20-17)13-9-5-4-6-10-13/h4-12H,1-3H3/i4D,5D,6D,9D,10D. The molecule has 0 aliphatic heterocycles. The summed E-state index contributed by atoms with van der Waals surface area (Å²) in [5.41, 5.74) is 0.818. The minimum Gasteiger partial charge on any atom is -0.232 e. The molecule has 3 rings (SSSR count). The van der Waals surface area contributed by atoms with E-state index in [1.807, 2.05) is 39.0 Å². The number of nitrogens with zero attached hydrogens (tertiary/aromatic N) is 2. The van der Waals surface area contributed by atoms with Crippen LogP contribution in [-0.4, -0.2) is 9.97 Å². The van der Waals surface area contributed by atoms with Crippen molar-refractivity contribution in [3.8, 4) is 11.3 Å². The summed E-state index contributed by atoms with van der Waals surface area (Å²) in [7, 11) is 0. The minimum atomic E-state index is -0.409. The molecule has 3 aromatic rings. The maximum absolute atomic E-state index is 8.24. The zero-order valence-electron chi connectivity index (χ0n) is 16.7. The maximum Gasteiger partial charge on any atom is 0.135 e. The van der Waals surface area contributed by atoms with Gasteiger partial charge >= 0.3 is 0 Å². The van der Waals surface area contributed by atoms with Crippen molar-refractivity contribution in [3.63, 3.8) is 0 Å². The lowest BCUT2D eigenvalue weighted by molar-refractivity contribution is 0.549. The number of aromatic nitrogens is 2. The molecule has 2 heteroatoms. The van der Waals surface area contributed by atoms with Gasteiger partial charge in [-0.1, -0.05) is 69.2 Å². The summed E-state index contributed by atoms with van der Waals surface area (Å²) in [5, 5.41) is 0.661. The van der Waals surface area contributed by atoms with Crippen LogP contribution in [0.1, 0.15) is 33.4 Å². The lowest BCUT2D eigenvalue weighted by atomic mass is 9.94. The number of rotatable bonds is 1. The maximum atomic E-state index is 8.24. The zero-order chi connectivity index (χ0) is 18.5. The number of hydrogen-bond donors (Lipinski definition) is 0. The van der Waals surface area contributed by atoms with Gasteiger partial charge in [-0.05, 0) is 6.07 Å². The van der Waals surface area contributed by atoms with E-state index in [2.05, 4.69) is 9.97 Å². The van der Waals surface area contributed by atoms with E-state index in [4.69, 9.17) is 6.85 Å². The molecule has 0 amide bonds. The van der Waals surface area contributed by atoms with Crippen molar-refractivity contribution < 1.29 is 6.85 Å². The van der Waals surface area contributed by atoms with Crippen LogP contribution in [0.15, 0.2) is 54.5 Å². The summed E-state index contributed by atoms with van der Waals surface area (Å²) >= 11 is 0. The highest BCUT2D eigenvalue weighted by molar-refractivity contribution is 5.92. The normalized spacial score (nSPS) is 15.2. The van der Waals surface area contributed by atoms with Gasteiger partial charge in [-0.15, -0.1) is 0 Å². The van der Waals surface area contributed by atoms with Crippen molar-refractivity contribution in [1.82, 2.24) is 9.97 Å². The molecule has 20 heavy (non-hydrogen) atoms. The fraction of sp³-hybridized carbons (Fsp3) is 0.222. The van der Waals surface area contributed by atoms with Crippen LogP contribution in [-0.2, 0) is 5.41 Å². The minimum absolute atomic E-state index is 0.107. The smallest absolute Gasteiger partial charge is 0.135 e. The average Bonchev–Trinajstić information content (AvgIpc) is 2.57. The molecule has 0 aliphatic rings. The molecule has 0 atom stereocenters. The quantitative estimate of drug-likeness (QED) is 0.644. The molecular weight excluding hydrogens is 244 g/mol. The van der Waals surface area contributed by atoms with E-state index < -0.39 is 6.04 Å². The lowest BCUT2D eigenvalue weighted by Crippen LogP contribution is -2.16. The summed E-state index contributed by atoms with van der Waals surface area (Å²) < 4.78 is 40.1. The molecule has 1 heterocycles. The van der Waals surface area contributed by atoms with E-state index in [0.29, 0.717) is 22.4 Å². The highest BCUT2D eigenvalue weighted by Crippen LogP contribution is 2.29. The Labute approximate surface area is 126 Å². The van der Waals surface area contributed by atoms with Crippen molar-refractivity contribution in [2.45, 2.75) is 26.2 Å². The van der Waals surface area contributed by atoms with Crippen molar-refractivity contribution in [2.24, 2.45) is 0 Å². The molecule has 0 saturated heterocycles. The second-order valence-electron chi connectivity index (χ2n) is 5.66. The van der Waals surface area contributed by atoms with E-state index in [-0.39, 0.29) is 35.1 Å². The van der Waals surface area contributed by atoms with Crippen molar-refractivity contribution in [3.05, 3.63) is 60.3 Å². The van der Waals surface area contributed by atoms with Gasteiger partial charge in [0.2, 0.25) is 0 Å². The van der Waals surface area contributed by atoms with Crippen molar-refractivity contribution >= 4 is 10.9 Å². The largest absolute Gasteiger partial charge is 0.232 e. The lowest BCUT2D eigenvalue weighted by Gasteiger charge is -2.18. The molecule has 100 valence electrons. The molecule has 2 nitrogen and oxygen atoms in total. The second-order valence-corrected chi connectivity index (χ2v) is 5.66. The van der Waals surface area contributed by atoms with Gasteiger partial charge in [0.05, 0.1) is 18.1 Å². The average molecular weight is 267 g/mol. The van der Waals surface area contributed by atoms with Crippen LogP contribution >= 0.6 is 0 Å². The number of para-hydroxylation sites is 1. The molecule has 0 N–H and O–H groups in total. The van der Waals surface area contributed by atoms with Crippen LogP contribution in [0.5, 0.6) is 0 Å². The molecular formula is C18H18N2. The first-order chi connectivity index (χ1) is 11.6. The van der Waals surface area contributed by atoms with E-state index in [0.717, 1.165) is 0 Å². The Hall–Kier alpha value is -2.22. The first-order valence-electron chi connectivity index (χ1n) is 8.97. The van der Waals surface area contributed by atoms with Gasteiger partial charge in [0, 0.05) is 16.4 Å². The Morgan fingerprint density at radius 3 is 2.35 bits per heavy atom. The van der Waals surface area contributed by atoms with Gasteiger partial charge in [0.15, 0.2) is 0 Å². The van der Waals surface area contributed by atoms with Gasteiger partial charge in [-0.2, -0.15) is 0 Å². The van der Waals surface area contributed by atoms with E-state index in [9.17, 15) is 0 Å². The third-order valence-corrected chi connectivity index (χ3v) is 3.01. The third kappa shape index (κ3) is 2.29. The molecule has 0 aliphatic carbocycles. The fourth-order valence-electron chi connectivity index (χ4n) is 1.97. The summed E-state index contributed by atoms with van der Waals surface area (Å²) in [6, 6.07) is 5.67. The van der Waals surface area contributed by atoms with Gasteiger partial charge < -0.3 is 0 Å². The highest BCUT2D eigenvalue weighted by atomic mass is 14.9. The molecule has 0 radical (unpaired) electrons. The van der Waals surface area contributed by atoms with E-state index in [1.54, 1.807) is 6.07 Å². The third-order valence-electron chi connectivity index (χ3n) is 3.01. The summed E-state index contributed by atoms with van der Waals surface area (Å²) in [6.07, 6.45) is 0. The molecule has 0 saturated carbocycles. The van der Waals surface area contributed by atoms with Crippen molar-refractivity contribution in [2.75, 3.05) is 0 Å². The van der Waals surface area contributed by atoms with Gasteiger partial charge in [-0.3, -0.25) is 0 Å². The first-order valence-corrected chi connectivity index (χ1v) is 6.47. The Morgan fingerprint density at radius 1 is 0.950 bits per heavy atom. The van der Waals surface area contributed by atoms with Crippen LogP contribution < -0.4 is 0 Å². The predicted octanol–water partition coefficient (Wildman–Crippen LogP) is 4.59. The van der Waals surface area contributed by atoms with E-state index in [1.165, 1.54) is 0 Å². The van der Waals surface area contributed by atoms with Gasteiger partial charge in [0.1, 0.15) is 5.82 Å². The highest BCUT2D eigenvalue weighted by Gasteiger charge is 2.20. The van der Waals surface area contributed by atoms with Gasteiger partial charge in [0.25, 0.3) is 0 Å². The molecule has 0 spiro atoms. The Kier molecular flexibility index (Phi) is 1.92. The molecule has 0 bridgehead atoms. The molecule has 0 fully saturated rings. The Balaban J connectivity index is 2.48. The Morgan fingerprint density at radius 2 is 1.65 bits per heavy atom. The number of hydrogen-bond acceptors (Lipinski definition) is 2. The van der Waals surface area contributed by atoms with Crippen molar-refractivity contribution in [1.29, 1.82) is 0 Å². The second kappa shape index (κ2) is 4.71. The number of benzene rings is 2. The van der Waals surface area contributed by atoms with Crippen LogP contribution in [0, 0.1) is 0 Å². The summed E-state index contributed by atoms with van der Waals surface area (Å²) in [4.78, 5) is 9.19. The fourth-order valence-corrected chi connectivity index (χ4v) is 1.97. The zero-order valence-corrected chi connectivity index (χ0v) is 11.7. The summed E-state index contributed by atoms with van der Waals surface area (Å²) in [6.45, 7) is 5.93. The summed E-state index contributed by atoms with van der Waals surface area (Å²) in [5.74, 6) is 0.563. The number of fused-ring (bicyclic) bond motifs is 1. The Bertz CT molecular complexity index is 964. The predicted molar refractivity (Wildman–Crippen MR) is 83.7 cm³/mol. The molecule has 1 aromatic heterocycles. The van der Waals surface area contributed by atoms with Crippen LogP contribution in [0.2, 0.25) is 0 Å². The van der Waals surface area contributed by atoms with Crippen LogP contribution in [0.4, 0.5) is 0 Å². The van der Waals surface area contributed by atoms with E-state index >= 15 is 0 Å². The van der Waals surface area contributed by atoms with Gasteiger partial charge in [-0.25, -0.2) is 9.97 Å². The first kappa shape index (κ1) is 8.15. The molecule has 0 unspecified atom stereocenters. The molecule has 2 aromatic carbocycles. The SMILES string of the molecule is [2H]c1c([2H])c([2H])c(-c2nc(C(C)(C)C)nc3ccccc23)c([2H])c1[2H]. The van der Waals surface area contributed by atoms with Crippen LogP contribution in [0.25, 0.3) is 22.2 Å². The topological polar surface area (TPSA) is 25.8 Å².